The number of ether oxygens (including phenoxy) is 1. The van der Waals surface area contributed by atoms with Crippen molar-refractivity contribution in [1.82, 2.24) is 0 Å². The summed E-state index contributed by atoms with van der Waals surface area (Å²) in [6, 6.07) is 17.4. The Bertz CT molecular complexity index is 559. The van der Waals surface area contributed by atoms with E-state index in [2.05, 4.69) is 0 Å². The average molecular weight is 274 g/mol. The van der Waals surface area contributed by atoms with Crippen LogP contribution in [0.25, 0.3) is 0 Å². The van der Waals surface area contributed by atoms with Gasteiger partial charge in [-0.05, 0) is 43.7 Å². The van der Waals surface area contributed by atoms with Crippen LogP contribution >= 0.6 is 0 Å². The molecule has 0 saturated carbocycles. The minimum absolute atomic E-state index is 0.421. The molecule has 2 aromatic carbocycles. The summed E-state index contributed by atoms with van der Waals surface area (Å²) in [7, 11) is 0.514. The predicted molar refractivity (Wildman–Crippen MR) is 78.9 cm³/mol. The second kappa shape index (κ2) is 5.57. The van der Waals surface area contributed by atoms with Crippen molar-refractivity contribution in [2.75, 3.05) is 7.11 Å². The summed E-state index contributed by atoms with van der Waals surface area (Å²) in [5.74, 6) is 0.776. The van der Waals surface area contributed by atoms with E-state index in [1.165, 1.54) is 0 Å². The summed E-state index contributed by atoms with van der Waals surface area (Å²) in [4.78, 5) is 0.814. The highest BCUT2D eigenvalue weighted by molar-refractivity contribution is 7.86. The van der Waals surface area contributed by atoms with Crippen LogP contribution < -0.4 is 4.74 Å². The highest BCUT2D eigenvalue weighted by atomic mass is 32.2. The summed E-state index contributed by atoms with van der Waals surface area (Å²) in [5, 5.41) is 0. The molecule has 0 saturated heterocycles. The fourth-order valence-corrected chi connectivity index (χ4v) is 3.26. The molecule has 0 fully saturated rings. The molecular weight excluding hydrogens is 256 g/mol. The molecule has 0 heterocycles. The maximum atomic E-state index is 12.7. The van der Waals surface area contributed by atoms with E-state index in [0.29, 0.717) is 0 Å². The first-order valence-electron chi connectivity index (χ1n) is 6.17. The number of benzene rings is 2. The van der Waals surface area contributed by atoms with Crippen LogP contribution in [0.2, 0.25) is 0 Å². The third kappa shape index (κ3) is 2.87. The Morgan fingerprint density at radius 1 is 0.947 bits per heavy atom. The highest BCUT2D eigenvalue weighted by Crippen LogP contribution is 2.31. The lowest BCUT2D eigenvalue weighted by Crippen LogP contribution is -2.23. The van der Waals surface area contributed by atoms with Gasteiger partial charge in [0.15, 0.2) is 0 Å². The molecule has 0 amide bonds. The van der Waals surface area contributed by atoms with Crippen LogP contribution in [-0.4, -0.2) is 11.3 Å². The van der Waals surface area contributed by atoms with Crippen molar-refractivity contribution in [3.8, 4) is 5.75 Å². The molecule has 1 unspecified atom stereocenters. The minimum Gasteiger partial charge on any atom is -0.497 e. The van der Waals surface area contributed by atoms with Crippen molar-refractivity contribution in [1.29, 1.82) is 0 Å². The lowest BCUT2D eigenvalue weighted by molar-refractivity contribution is 0.414. The van der Waals surface area contributed by atoms with Gasteiger partial charge in [0.05, 0.1) is 22.7 Å². The van der Waals surface area contributed by atoms with E-state index in [0.717, 1.165) is 16.2 Å². The van der Waals surface area contributed by atoms with Gasteiger partial charge in [-0.2, -0.15) is 0 Å². The van der Waals surface area contributed by atoms with Gasteiger partial charge in [0, 0.05) is 4.90 Å². The Balaban J connectivity index is 2.32. The van der Waals surface area contributed by atoms with E-state index >= 15 is 0 Å². The van der Waals surface area contributed by atoms with Crippen molar-refractivity contribution < 1.29 is 8.95 Å². The number of hydrogen-bond acceptors (Lipinski definition) is 2. The second-order valence-electron chi connectivity index (χ2n) is 4.82. The van der Waals surface area contributed by atoms with Crippen LogP contribution in [0.3, 0.4) is 0 Å². The largest absolute Gasteiger partial charge is 0.497 e. The molecule has 0 aromatic heterocycles. The predicted octanol–water partition coefficient (Wildman–Crippen LogP) is 3.74. The highest BCUT2D eigenvalue weighted by Gasteiger charge is 2.29. The third-order valence-corrected chi connectivity index (χ3v) is 5.07. The van der Waals surface area contributed by atoms with E-state index in [4.69, 9.17) is 4.74 Å². The smallest absolute Gasteiger partial charge is 0.118 e. The van der Waals surface area contributed by atoms with Gasteiger partial charge in [0.2, 0.25) is 0 Å². The maximum absolute atomic E-state index is 12.7. The van der Waals surface area contributed by atoms with Crippen molar-refractivity contribution >= 4 is 10.8 Å². The molecule has 0 radical (unpaired) electrons. The number of hydrogen-bond donors (Lipinski definition) is 0. The summed E-state index contributed by atoms with van der Waals surface area (Å²) in [6.07, 6.45) is 0. The van der Waals surface area contributed by atoms with Gasteiger partial charge in [-0.25, -0.2) is 0 Å². The summed E-state index contributed by atoms with van der Waals surface area (Å²) in [6.45, 7) is 4.01. The topological polar surface area (TPSA) is 26.3 Å². The maximum Gasteiger partial charge on any atom is 0.118 e. The van der Waals surface area contributed by atoms with E-state index in [1.807, 2.05) is 68.4 Å². The first-order valence-corrected chi connectivity index (χ1v) is 7.32. The van der Waals surface area contributed by atoms with E-state index in [1.54, 1.807) is 7.11 Å². The SMILES string of the molecule is COc1ccc(S(=O)C(C)(C)c2ccccc2)cc1. The van der Waals surface area contributed by atoms with E-state index in [-0.39, 0.29) is 0 Å². The lowest BCUT2D eigenvalue weighted by atomic mass is 10.0. The zero-order valence-electron chi connectivity index (χ0n) is 11.4. The summed E-state index contributed by atoms with van der Waals surface area (Å²) in [5.41, 5.74) is 1.07. The Morgan fingerprint density at radius 2 is 1.53 bits per heavy atom. The monoisotopic (exact) mass is 274 g/mol. The molecule has 2 nitrogen and oxygen atoms in total. The molecule has 0 bridgehead atoms. The van der Waals surface area contributed by atoms with Gasteiger partial charge in [0.1, 0.15) is 5.75 Å². The average Bonchev–Trinajstić information content (AvgIpc) is 2.47. The molecular formula is C16H18O2S. The van der Waals surface area contributed by atoms with Crippen LogP contribution in [-0.2, 0) is 15.5 Å². The number of rotatable bonds is 4. The molecule has 0 aliphatic heterocycles. The van der Waals surface area contributed by atoms with E-state index in [9.17, 15) is 4.21 Å². The molecule has 0 spiro atoms. The van der Waals surface area contributed by atoms with Crippen molar-refractivity contribution in [2.24, 2.45) is 0 Å². The molecule has 0 N–H and O–H groups in total. The van der Waals surface area contributed by atoms with Crippen LogP contribution in [0.5, 0.6) is 5.75 Å². The Hall–Kier alpha value is -1.61. The first kappa shape index (κ1) is 13.8. The second-order valence-corrected chi connectivity index (χ2v) is 6.85. The van der Waals surface area contributed by atoms with Crippen LogP contribution in [0.15, 0.2) is 59.5 Å². The van der Waals surface area contributed by atoms with Gasteiger partial charge in [-0.1, -0.05) is 30.3 Å². The molecule has 19 heavy (non-hydrogen) atoms. The van der Waals surface area contributed by atoms with Gasteiger partial charge >= 0.3 is 0 Å². The lowest BCUT2D eigenvalue weighted by Gasteiger charge is -2.24. The van der Waals surface area contributed by atoms with Gasteiger partial charge in [-0.3, -0.25) is 4.21 Å². The van der Waals surface area contributed by atoms with Crippen LogP contribution in [0.4, 0.5) is 0 Å². The Kier molecular flexibility index (Phi) is 4.05. The zero-order chi connectivity index (χ0) is 13.9. The van der Waals surface area contributed by atoms with E-state index < -0.39 is 15.5 Å². The van der Waals surface area contributed by atoms with Gasteiger partial charge < -0.3 is 4.74 Å². The third-order valence-electron chi connectivity index (χ3n) is 3.21. The molecule has 3 heteroatoms. The molecule has 2 rings (SSSR count). The van der Waals surface area contributed by atoms with Gasteiger partial charge in [-0.15, -0.1) is 0 Å². The summed E-state index contributed by atoms with van der Waals surface area (Å²) >= 11 is 0. The van der Waals surface area contributed by atoms with Gasteiger partial charge in [0.25, 0.3) is 0 Å². The Labute approximate surface area is 116 Å². The fraction of sp³-hybridized carbons (Fsp3) is 0.250. The quantitative estimate of drug-likeness (QED) is 0.849. The molecule has 0 aliphatic rings. The van der Waals surface area contributed by atoms with Crippen molar-refractivity contribution in [3.63, 3.8) is 0 Å². The first-order chi connectivity index (χ1) is 9.05. The van der Waals surface area contributed by atoms with Crippen molar-refractivity contribution in [2.45, 2.75) is 23.5 Å². The normalized spacial score (nSPS) is 13.0. The molecule has 0 aliphatic carbocycles. The fourth-order valence-electron chi connectivity index (χ4n) is 1.94. The van der Waals surface area contributed by atoms with Crippen LogP contribution in [0, 0.1) is 0 Å². The minimum atomic E-state index is -1.11. The summed E-state index contributed by atoms with van der Waals surface area (Å²) < 4.78 is 17.4. The van der Waals surface area contributed by atoms with Crippen LogP contribution in [0.1, 0.15) is 19.4 Å². The molecule has 100 valence electrons. The molecule has 1 atom stereocenters. The van der Waals surface area contributed by atoms with Crippen molar-refractivity contribution in [3.05, 3.63) is 60.2 Å². The Morgan fingerprint density at radius 3 is 2.05 bits per heavy atom. The molecule has 2 aromatic rings. The standard InChI is InChI=1S/C16H18O2S/c1-16(2,13-7-5-4-6-8-13)19(17)15-11-9-14(18-3)10-12-15/h4-12H,1-3H3. The zero-order valence-corrected chi connectivity index (χ0v) is 12.2. The number of methoxy groups -OCH3 is 1.